The molecular weight excluding hydrogens is 252 g/mol. The van der Waals surface area contributed by atoms with Crippen molar-refractivity contribution in [1.29, 1.82) is 0 Å². The zero-order chi connectivity index (χ0) is 14.7. The van der Waals surface area contributed by atoms with E-state index in [2.05, 4.69) is 35.9 Å². The second kappa shape index (κ2) is 6.09. The van der Waals surface area contributed by atoms with Gasteiger partial charge in [-0.15, -0.1) is 0 Å². The van der Waals surface area contributed by atoms with Crippen LogP contribution in [-0.2, 0) is 11.3 Å². The third-order valence-corrected chi connectivity index (χ3v) is 3.81. The van der Waals surface area contributed by atoms with E-state index in [0.29, 0.717) is 6.54 Å². The molecule has 0 spiro atoms. The number of benzene rings is 1. The van der Waals surface area contributed by atoms with Crippen molar-refractivity contribution < 1.29 is 9.90 Å². The molecule has 1 heterocycles. The Labute approximate surface area is 119 Å². The van der Waals surface area contributed by atoms with Gasteiger partial charge in [0, 0.05) is 29.7 Å². The van der Waals surface area contributed by atoms with Crippen LogP contribution in [0.2, 0.25) is 0 Å². The maximum absolute atomic E-state index is 11.0. The van der Waals surface area contributed by atoms with Crippen molar-refractivity contribution in [3.63, 3.8) is 0 Å². The maximum Gasteiger partial charge on any atom is 0.307 e. The first-order valence-electron chi connectivity index (χ1n) is 7.04. The number of aromatic amines is 1. The Kier molecular flexibility index (Phi) is 4.45. The lowest BCUT2D eigenvalue weighted by atomic mass is 10.1. The van der Waals surface area contributed by atoms with Crippen molar-refractivity contribution >= 4 is 16.9 Å². The molecule has 2 aromatic rings. The van der Waals surface area contributed by atoms with Gasteiger partial charge in [-0.2, -0.15) is 0 Å². The number of fused-ring (bicyclic) bond motifs is 1. The highest BCUT2D eigenvalue weighted by Gasteiger charge is 2.17. The molecule has 108 valence electrons. The number of aromatic nitrogens is 1. The first kappa shape index (κ1) is 14.6. The van der Waals surface area contributed by atoms with Crippen molar-refractivity contribution in [1.82, 2.24) is 9.88 Å². The van der Waals surface area contributed by atoms with E-state index in [0.717, 1.165) is 24.3 Å². The topological polar surface area (TPSA) is 56.3 Å². The van der Waals surface area contributed by atoms with Gasteiger partial charge in [-0.05, 0) is 25.1 Å². The molecule has 0 aliphatic heterocycles. The predicted octanol–water partition coefficient (Wildman–Crippen LogP) is 3.02. The standard InChI is InChI=1S/C16H22N2O2/c1-4-18(9-11(2)16(19)20)10-14-12(3)17-15-8-6-5-7-13(14)15/h5-8,11,17H,4,9-10H2,1-3H3,(H,19,20). The largest absolute Gasteiger partial charge is 0.481 e. The number of nitrogens with one attached hydrogen (secondary N) is 1. The van der Waals surface area contributed by atoms with Gasteiger partial charge < -0.3 is 10.1 Å². The van der Waals surface area contributed by atoms with E-state index in [1.165, 1.54) is 10.9 Å². The van der Waals surface area contributed by atoms with Crippen LogP contribution in [0.1, 0.15) is 25.1 Å². The van der Waals surface area contributed by atoms with Gasteiger partial charge in [0.1, 0.15) is 0 Å². The second-order valence-corrected chi connectivity index (χ2v) is 5.34. The molecule has 0 aliphatic rings. The van der Waals surface area contributed by atoms with E-state index in [4.69, 9.17) is 5.11 Å². The fourth-order valence-electron chi connectivity index (χ4n) is 2.53. The number of para-hydroxylation sites is 1. The Bertz CT molecular complexity index is 604. The molecule has 1 unspecified atom stereocenters. The van der Waals surface area contributed by atoms with Crippen LogP contribution in [-0.4, -0.2) is 34.0 Å². The quantitative estimate of drug-likeness (QED) is 0.851. The lowest BCUT2D eigenvalue weighted by molar-refractivity contribution is -0.141. The monoisotopic (exact) mass is 274 g/mol. The van der Waals surface area contributed by atoms with E-state index in [-0.39, 0.29) is 5.92 Å². The van der Waals surface area contributed by atoms with Crippen LogP contribution in [0.15, 0.2) is 24.3 Å². The van der Waals surface area contributed by atoms with Crippen LogP contribution in [0, 0.1) is 12.8 Å². The van der Waals surface area contributed by atoms with Gasteiger partial charge in [-0.3, -0.25) is 9.69 Å². The third kappa shape index (κ3) is 3.02. The van der Waals surface area contributed by atoms with Crippen LogP contribution in [0.5, 0.6) is 0 Å². The van der Waals surface area contributed by atoms with E-state index < -0.39 is 5.97 Å². The zero-order valence-corrected chi connectivity index (χ0v) is 12.3. The third-order valence-electron chi connectivity index (χ3n) is 3.81. The molecule has 2 N–H and O–H groups in total. The Balaban J connectivity index is 2.21. The zero-order valence-electron chi connectivity index (χ0n) is 12.3. The smallest absolute Gasteiger partial charge is 0.307 e. The highest BCUT2D eigenvalue weighted by Crippen LogP contribution is 2.23. The molecule has 4 heteroatoms. The summed E-state index contributed by atoms with van der Waals surface area (Å²) in [4.78, 5) is 16.6. The van der Waals surface area contributed by atoms with Crippen molar-refractivity contribution in [2.75, 3.05) is 13.1 Å². The minimum absolute atomic E-state index is 0.347. The summed E-state index contributed by atoms with van der Waals surface area (Å²) in [6.07, 6.45) is 0. The van der Waals surface area contributed by atoms with Crippen LogP contribution < -0.4 is 0 Å². The SMILES string of the molecule is CCN(Cc1c(C)[nH]c2ccccc12)CC(C)C(=O)O. The van der Waals surface area contributed by atoms with Crippen molar-refractivity contribution in [2.24, 2.45) is 5.92 Å². The number of carbonyl (C=O) groups is 1. The number of aryl methyl sites for hydroxylation is 1. The molecule has 1 aromatic heterocycles. The van der Waals surface area contributed by atoms with Gasteiger partial charge in [-0.1, -0.05) is 32.0 Å². The number of carboxylic acids is 1. The lowest BCUT2D eigenvalue weighted by Gasteiger charge is -2.22. The molecule has 0 amide bonds. The molecule has 0 fully saturated rings. The summed E-state index contributed by atoms with van der Waals surface area (Å²) in [7, 11) is 0. The predicted molar refractivity (Wildman–Crippen MR) is 80.8 cm³/mol. The van der Waals surface area contributed by atoms with Crippen molar-refractivity contribution in [3.05, 3.63) is 35.5 Å². The molecule has 0 saturated heterocycles. The molecular formula is C16H22N2O2. The summed E-state index contributed by atoms with van der Waals surface area (Å²) < 4.78 is 0. The molecule has 0 aliphatic carbocycles. The van der Waals surface area contributed by atoms with E-state index in [1.807, 2.05) is 12.1 Å². The summed E-state index contributed by atoms with van der Waals surface area (Å²) >= 11 is 0. The lowest BCUT2D eigenvalue weighted by Crippen LogP contribution is -2.31. The Morgan fingerprint density at radius 1 is 1.40 bits per heavy atom. The summed E-state index contributed by atoms with van der Waals surface area (Å²) in [5.74, 6) is -1.08. The Morgan fingerprint density at radius 3 is 2.75 bits per heavy atom. The average molecular weight is 274 g/mol. The molecule has 0 radical (unpaired) electrons. The van der Waals surface area contributed by atoms with Gasteiger partial charge >= 0.3 is 5.97 Å². The summed E-state index contributed by atoms with van der Waals surface area (Å²) in [5.41, 5.74) is 3.56. The van der Waals surface area contributed by atoms with Crippen molar-refractivity contribution in [2.45, 2.75) is 27.3 Å². The highest BCUT2D eigenvalue weighted by molar-refractivity contribution is 5.84. The summed E-state index contributed by atoms with van der Waals surface area (Å²) in [6, 6.07) is 8.24. The molecule has 0 saturated carbocycles. The normalized spacial score (nSPS) is 13.0. The fraction of sp³-hybridized carbons (Fsp3) is 0.438. The number of hydrogen-bond donors (Lipinski definition) is 2. The van der Waals surface area contributed by atoms with E-state index in [9.17, 15) is 4.79 Å². The first-order chi connectivity index (χ1) is 9.52. The number of hydrogen-bond acceptors (Lipinski definition) is 2. The Hall–Kier alpha value is -1.81. The number of nitrogens with zero attached hydrogens (tertiary/aromatic N) is 1. The van der Waals surface area contributed by atoms with Gasteiger partial charge in [0.2, 0.25) is 0 Å². The van der Waals surface area contributed by atoms with E-state index in [1.54, 1.807) is 6.92 Å². The average Bonchev–Trinajstić information content (AvgIpc) is 2.74. The summed E-state index contributed by atoms with van der Waals surface area (Å²) in [5, 5.41) is 10.3. The van der Waals surface area contributed by atoms with Crippen LogP contribution in [0.3, 0.4) is 0 Å². The summed E-state index contributed by atoms with van der Waals surface area (Å²) in [6.45, 7) is 8.10. The number of rotatable bonds is 6. The molecule has 1 aromatic carbocycles. The molecule has 4 nitrogen and oxygen atoms in total. The highest BCUT2D eigenvalue weighted by atomic mass is 16.4. The first-order valence-corrected chi connectivity index (χ1v) is 7.04. The van der Waals surface area contributed by atoms with Crippen LogP contribution in [0.4, 0.5) is 0 Å². The van der Waals surface area contributed by atoms with Crippen LogP contribution in [0.25, 0.3) is 10.9 Å². The van der Waals surface area contributed by atoms with Gasteiger partial charge in [0.05, 0.1) is 5.92 Å². The molecule has 2 rings (SSSR count). The van der Waals surface area contributed by atoms with Gasteiger partial charge in [0.25, 0.3) is 0 Å². The maximum atomic E-state index is 11.0. The number of aliphatic carboxylic acids is 1. The van der Waals surface area contributed by atoms with Gasteiger partial charge in [0.15, 0.2) is 0 Å². The van der Waals surface area contributed by atoms with Crippen molar-refractivity contribution in [3.8, 4) is 0 Å². The number of H-pyrrole nitrogens is 1. The minimum Gasteiger partial charge on any atom is -0.481 e. The fourth-order valence-corrected chi connectivity index (χ4v) is 2.53. The molecule has 1 atom stereocenters. The molecule has 20 heavy (non-hydrogen) atoms. The second-order valence-electron chi connectivity index (χ2n) is 5.34. The number of carboxylic acid groups (broad SMARTS) is 1. The van der Waals surface area contributed by atoms with Crippen LogP contribution >= 0.6 is 0 Å². The minimum atomic E-state index is -0.737. The Morgan fingerprint density at radius 2 is 2.10 bits per heavy atom. The van der Waals surface area contributed by atoms with E-state index >= 15 is 0 Å². The van der Waals surface area contributed by atoms with Gasteiger partial charge in [-0.25, -0.2) is 0 Å². The molecule has 0 bridgehead atoms.